The molecule has 0 fully saturated rings. The Balaban J connectivity index is 2.38. The van der Waals surface area contributed by atoms with Crippen molar-refractivity contribution in [2.45, 2.75) is 19.8 Å². The van der Waals surface area contributed by atoms with Crippen LogP contribution in [-0.2, 0) is 0 Å². The van der Waals surface area contributed by atoms with Crippen LogP contribution in [0.15, 0.2) is 12.4 Å². The smallest absolute Gasteiger partial charge is 0.144 e. The number of anilines is 2. The number of hydrogen-bond donors (Lipinski definition) is 3. The van der Waals surface area contributed by atoms with Crippen molar-refractivity contribution in [3.8, 4) is 0 Å². The predicted octanol–water partition coefficient (Wildman–Crippen LogP) is 0.879. The number of nitrogens with one attached hydrogen (secondary N) is 1. The summed E-state index contributed by atoms with van der Waals surface area (Å²) in [5.41, 5.74) is 5.42. The highest BCUT2D eigenvalue weighted by Crippen LogP contribution is 2.09. The lowest BCUT2D eigenvalue weighted by Crippen LogP contribution is -2.15. The Morgan fingerprint density at radius 2 is 2.27 bits per heavy atom. The molecule has 5 heteroatoms. The van der Waals surface area contributed by atoms with Crippen LogP contribution in [0.4, 0.5) is 11.6 Å². The number of hydrogen-bond acceptors (Lipinski definition) is 5. The van der Waals surface area contributed by atoms with Crippen LogP contribution >= 0.6 is 0 Å². The van der Waals surface area contributed by atoms with Gasteiger partial charge in [-0.1, -0.05) is 13.3 Å². The van der Waals surface area contributed by atoms with Crippen LogP contribution in [0.25, 0.3) is 0 Å². The number of aromatic nitrogens is 2. The van der Waals surface area contributed by atoms with E-state index in [1.54, 1.807) is 6.20 Å². The first-order valence-corrected chi connectivity index (χ1v) is 5.18. The summed E-state index contributed by atoms with van der Waals surface area (Å²) in [5, 5.41) is 12.0. The molecule has 0 spiro atoms. The molecule has 1 heterocycles. The van der Waals surface area contributed by atoms with E-state index in [4.69, 9.17) is 10.8 Å². The maximum absolute atomic E-state index is 8.83. The van der Waals surface area contributed by atoms with Crippen molar-refractivity contribution in [1.82, 2.24) is 9.97 Å². The van der Waals surface area contributed by atoms with Crippen LogP contribution < -0.4 is 11.1 Å². The molecule has 1 rings (SSSR count). The summed E-state index contributed by atoms with van der Waals surface area (Å²) < 4.78 is 0. The van der Waals surface area contributed by atoms with Crippen LogP contribution in [-0.4, -0.2) is 28.2 Å². The van der Waals surface area contributed by atoms with Gasteiger partial charge in [0.25, 0.3) is 0 Å². The van der Waals surface area contributed by atoms with Gasteiger partial charge in [-0.15, -0.1) is 0 Å². The maximum atomic E-state index is 8.83. The van der Waals surface area contributed by atoms with E-state index in [-0.39, 0.29) is 6.61 Å². The van der Waals surface area contributed by atoms with Gasteiger partial charge in [-0.3, -0.25) is 0 Å². The van der Waals surface area contributed by atoms with E-state index in [0.717, 1.165) is 25.2 Å². The van der Waals surface area contributed by atoms with Gasteiger partial charge in [-0.05, 0) is 12.3 Å². The van der Waals surface area contributed by atoms with Crippen molar-refractivity contribution in [2.24, 2.45) is 5.92 Å². The van der Waals surface area contributed by atoms with Gasteiger partial charge in [0.05, 0.1) is 12.4 Å². The van der Waals surface area contributed by atoms with Gasteiger partial charge in [0.15, 0.2) is 0 Å². The summed E-state index contributed by atoms with van der Waals surface area (Å²) in [6, 6.07) is 0. The zero-order valence-electron chi connectivity index (χ0n) is 8.98. The van der Waals surface area contributed by atoms with E-state index in [9.17, 15) is 0 Å². The molecule has 0 radical (unpaired) electrons. The third-order valence-corrected chi connectivity index (χ3v) is 2.36. The second-order valence-corrected chi connectivity index (χ2v) is 3.49. The van der Waals surface area contributed by atoms with Gasteiger partial charge < -0.3 is 16.2 Å². The molecule has 0 aliphatic rings. The Morgan fingerprint density at radius 1 is 1.47 bits per heavy atom. The fourth-order valence-electron chi connectivity index (χ4n) is 1.31. The predicted molar refractivity (Wildman–Crippen MR) is 60.4 cm³/mol. The molecule has 0 aromatic carbocycles. The van der Waals surface area contributed by atoms with Crippen molar-refractivity contribution in [1.29, 1.82) is 0 Å². The molecule has 4 N–H and O–H groups in total. The summed E-state index contributed by atoms with van der Waals surface area (Å²) in [7, 11) is 0. The van der Waals surface area contributed by atoms with E-state index in [2.05, 4.69) is 22.2 Å². The molecule has 1 aromatic rings. The van der Waals surface area contributed by atoms with Crippen LogP contribution in [0, 0.1) is 5.92 Å². The van der Waals surface area contributed by atoms with Gasteiger partial charge in [-0.25, -0.2) is 9.97 Å². The number of nitrogen functional groups attached to an aromatic ring is 1. The first-order valence-electron chi connectivity index (χ1n) is 5.18. The van der Waals surface area contributed by atoms with Crippen molar-refractivity contribution >= 4 is 11.6 Å². The summed E-state index contributed by atoms with van der Waals surface area (Å²) in [6.07, 6.45) is 4.98. The van der Waals surface area contributed by atoms with Crippen molar-refractivity contribution in [2.75, 3.05) is 24.2 Å². The van der Waals surface area contributed by atoms with Crippen molar-refractivity contribution in [3.63, 3.8) is 0 Å². The molecule has 0 aliphatic heterocycles. The van der Waals surface area contributed by atoms with Crippen LogP contribution in [0.1, 0.15) is 19.8 Å². The van der Waals surface area contributed by atoms with Crippen LogP contribution in [0.5, 0.6) is 0 Å². The van der Waals surface area contributed by atoms with E-state index in [0.29, 0.717) is 11.7 Å². The van der Waals surface area contributed by atoms with E-state index < -0.39 is 0 Å². The number of nitrogens with two attached hydrogens (primary N) is 1. The molecule has 0 saturated carbocycles. The Kier molecular flexibility index (Phi) is 4.83. The molecular formula is C10H18N4O. The molecule has 1 aromatic heterocycles. The molecule has 15 heavy (non-hydrogen) atoms. The minimum Gasteiger partial charge on any atom is -0.396 e. The lowest BCUT2D eigenvalue weighted by atomic mass is 10.0. The molecule has 5 nitrogen and oxygen atoms in total. The van der Waals surface area contributed by atoms with Gasteiger partial charge >= 0.3 is 0 Å². The highest BCUT2D eigenvalue weighted by atomic mass is 16.3. The van der Waals surface area contributed by atoms with Gasteiger partial charge in [-0.2, -0.15) is 0 Å². The summed E-state index contributed by atoms with van der Waals surface area (Å²) in [4.78, 5) is 8.02. The second kappa shape index (κ2) is 6.19. The van der Waals surface area contributed by atoms with Crippen molar-refractivity contribution in [3.05, 3.63) is 12.4 Å². The van der Waals surface area contributed by atoms with Crippen LogP contribution in [0.3, 0.4) is 0 Å². The third-order valence-electron chi connectivity index (χ3n) is 2.36. The Morgan fingerprint density at radius 3 is 2.80 bits per heavy atom. The molecule has 1 unspecified atom stereocenters. The first-order chi connectivity index (χ1) is 7.26. The monoisotopic (exact) mass is 210 g/mol. The second-order valence-electron chi connectivity index (χ2n) is 3.49. The lowest BCUT2D eigenvalue weighted by molar-refractivity contribution is 0.258. The zero-order valence-corrected chi connectivity index (χ0v) is 8.98. The highest BCUT2D eigenvalue weighted by Gasteiger charge is 2.05. The molecule has 0 amide bonds. The van der Waals surface area contributed by atoms with Gasteiger partial charge in [0.2, 0.25) is 0 Å². The Bertz CT molecular complexity index is 275. The minimum absolute atomic E-state index is 0.230. The normalized spacial score (nSPS) is 12.4. The third kappa shape index (κ3) is 4.12. The summed E-state index contributed by atoms with van der Waals surface area (Å²) in [5.74, 6) is 1.61. The summed E-state index contributed by atoms with van der Waals surface area (Å²) in [6.45, 7) is 3.14. The Labute approximate surface area is 89.7 Å². The van der Waals surface area contributed by atoms with Crippen LogP contribution in [0.2, 0.25) is 0 Å². The number of aliphatic hydroxyl groups excluding tert-OH is 1. The molecule has 1 atom stereocenters. The minimum atomic E-state index is 0.230. The maximum Gasteiger partial charge on any atom is 0.144 e. The molecular weight excluding hydrogens is 192 g/mol. The number of nitrogens with zero attached hydrogens (tertiary/aromatic N) is 2. The van der Waals surface area contributed by atoms with E-state index >= 15 is 0 Å². The topological polar surface area (TPSA) is 84.1 Å². The van der Waals surface area contributed by atoms with Crippen molar-refractivity contribution < 1.29 is 5.11 Å². The fourth-order valence-corrected chi connectivity index (χ4v) is 1.31. The zero-order chi connectivity index (χ0) is 11.1. The largest absolute Gasteiger partial charge is 0.396 e. The quantitative estimate of drug-likeness (QED) is 0.649. The molecule has 0 bridgehead atoms. The van der Waals surface area contributed by atoms with Gasteiger partial charge in [0.1, 0.15) is 11.6 Å². The molecule has 0 saturated heterocycles. The standard InChI is InChI=1S/C10H18N4O/c1-2-8(3-4-15)5-13-10-7-12-9(11)6-14-10/h6-8,15H,2-5H2,1H3,(H2,11,12)(H,13,14). The van der Waals surface area contributed by atoms with E-state index in [1.165, 1.54) is 6.20 Å². The highest BCUT2D eigenvalue weighted by molar-refractivity contribution is 5.35. The molecule has 84 valence electrons. The number of rotatable bonds is 6. The average Bonchev–Trinajstić information content (AvgIpc) is 2.26. The van der Waals surface area contributed by atoms with E-state index in [1.807, 2.05) is 0 Å². The first kappa shape index (κ1) is 11.7. The fraction of sp³-hybridized carbons (Fsp3) is 0.600. The number of aliphatic hydroxyl groups is 1. The van der Waals surface area contributed by atoms with Gasteiger partial charge in [0, 0.05) is 13.2 Å². The lowest BCUT2D eigenvalue weighted by Gasteiger charge is -2.14. The molecule has 0 aliphatic carbocycles. The SMILES string of the molecule is CCC(CCO)CNc1cnc(N)cn1. The Hall–Kier alpha value is -1.36. The summed E-state index contributed by atoms with van der Waals surface area (Å²) >= 11 is 0. The average molecular weight is 210 g/mol.